The van der Waals surface area contributed by atoms with E-state index in [0.29, 0.717) is 0 Å². The molecule has 83 valence electrons. The Bertz CT molecular complexity index is 683. The number of fused-ring (bicyclic) bond motifs is 2. The van der Waals surface area contributed by atoms with E-state index in [-0.39, 0.29) is 0 Å². The van der Waals surface area contributed by atoms with Gasteiger partial charge >= 0.3 is 0 Å². The Morgan fingerprint density at radius 2 is 1.47 bits per heavy atom. The Morgan fingerprint density at radius 3 is 2.18 bits per heavy atom. The van der Waals surface area contributed by atoms with E-state index in [9.17, 15) is 5.11 Å². The molecule has 0 heterocycles. The molecule has 0 aliphatic heterocycles. The van der Waals surface area contributed by atoms with Crippen LogP contribution in [0, 0.1) is 6.92 Å². The second kappa shape index (κ2) is 3.86. The van der Waals surface area contributed by atoms with Crippen molar-refractivity contribution in [2.24, 2.45) is 0 Å². The van der Waals surface area contributed by atoms with Crippen LogP contribution in [0.3, 0.4) is 0 Å². The van der Waals surface area contributed by atoms with Crippen LogP contribution < -0.4 is 0 Å². The summed E-state index contributed by atoms with van der Waals surface area (Å²) in [6.45, 7) is 3.69. The minimum absolute atomic E-state index is 0.681. The van der Waals surface area contributed by atoms with Gasteiger partial charge in [-0.1, -0.05) is 42.5 Å². The molecule has 0 bridgehead atoms. The normalized spacial score (nSPS) is 13.1. The van der Waals surface area contributed by atoms with Crippen LogP contribution in [-0.2, 0) is 0 Å². The second-order valence-corrected chi connectivity index (χ2v) is 4.28. The van der Waals surface area contributed by atoms with Gasteiger partial charge in [-0.3, -0.25) is 0 Å². The topological polar surface area (TPSA) is 20.2 Å². The predicted molar refractivity (Wildman–Crippen MR) is 71.8 cm³/mol. The van der Waals surface area contributed by atoms with Gasteiger partial charge in [0.2, 0.25) is 0 Å². The standard InChI is InChI=1S/C16H13O/c1-11(17)15-8-4-7-14-9-12-5-2-3-6-13(12)10-16(14)15/h2-11,17H,1H2. The maximum atomic E-state index is 9.68. The first-order chi connectivity index (χ1) is 8.25. The Hall–Kier alpha value is -1.86. The molecule has 0 spiro atoms. The lowest BCUT2D eigenvalue weighted by Crippen LogP contribution is -1.92. The highest BCUT2D eigenvalue weighted by Crippen LogP contribution is 2.28. The largest absolute Gasteiger partial charge is 0.388 e. The molecule has 0 amide bonds. The van der Waals surface area contributed by atoms with Crippen molar-refractivity contribution in [3.05, 3.63) is 67.1 Å². The van der Waals surface area contributed by atoms with Crippen LogP contribution in [0.4, 0.5) is 0 Å². The summed E-state index contributed by atoms with van der Waals surface area (Å²) in [4.78, 5) is 0. The zero-order chi connectivity index (χ0) is 11.8. The van der Waals surface area contributed by atoms with Crippen LogP contribution >= 0.6 is 0 Å². The van der Waals surface area contributed by atoms with E-state index < -0.39 is 6.10 Å². The lowest BCUT2D eigenvalue weighted by molar-refractivity contribution is 0.227. The summed E-state index contributed by atoms with van der Waals surface area (Å²) in [7, 11) is 0. The second-order valence-electron chi connectivity index (χ2n) is 4.28. The molecule has 1 unspecified atom stereocenters. The van der Waals surface area contributed by atoms with Crippen molar-refractivity contribution >= 4 is 21.5 Å². The smallest absolute Gasteiger partial charge is 0.0797 e. The van der Waals surface area contributed by atoms with Crippen LogP contribution in [-0.4, -0.2) is 5.11 Å². The number of aliphatic hydroxyl groups excluding tert-OH is 1. The Balaban J connectivity index is 2.43. The fraction of sp³-hybridized carbons (Fsp3) is 0.0625. The van der Waals surface area contributed by atoms with Gasteiger partial charge < -0.3 is 5.11 Å². The molecular formula is C16H13O. The summed E-state index contributed by atoms with van der Waals surface area (Å²) in [5.74, 6) is 0. The lowest BCUT2D eigenvalue weighted by atomic mass is 9.97. The van der Waals surface area contributed by atoms with Crippen molar-refractivity contribution in [1.82, 2.24) is 0 Å². The lowest BCUT2D eigenvalue weighted by Gasteiger charge is -2.10. The fourth-order valence-electron chi connectivity index (χ4n) is 2.28. The highest BCUT2D eigenvalue weighted by Gasteiger charge is 2.06. The molecule has 0 aromatic heterocycles. The first-order valence-electron chi connectivity index (χ1n) is 5.68. The summed E-state index contributed by atoms with van der Waals surface area (Å²) in [6.07, 6.45) is -0.681. The highest BCUT2D eigenvalue weighted by molar-refractivity contribution is 5.99. The fourth-order valence-corrected chi connectivity index (χ4v) is 2.28. The van der Waals surface area contributed by atoms with Crippen LogP contribution in [0.15, 0.2) is 54.6 Å². The zero-order valence-corrected chi connectivity index (χ0v) is 9.43. The maximum absolute atomic E-state index is 9.68. The summed E-state index contributed by atoms with van der Waals surface area (Å²) in [5, 5.41) is 14.3. The van der Waals surface area contributed by atoms with Crippen molar-refractivity contribution in [3.8, 4) is 0 Å². The Kier molecular flexibility index (Phi) is 2.34. The number of hydrogen-bond donors (Lipinski definition) is 1. The first kappa shape index (κ1) is 10.3. The Morgan fingerprint density at radius 1 is 0.824 bits per heavy atom. The monoisotopic (exact) mass is 221 g/mol. The molecule has 0 saturated carbocycles. The van der Waals surface area contributed by atoms with Gasteiger partial charge in [-0.15, -0.1) is 0 Å². The molecule has 0 aliphatic carbocycles. The number of hydrogen-bond acceptors (Lipinski definition) is 1. The van der Waals surface area contributed by atoms with Gasteiger partial charge in [-0.05, 0) is 46.2 Å². The molecule has 1 radical (unpaired) electrons. The average Bonchev–Trinajstić information content (AvgIpc) is 2.35. The predicted octanol–water partition coefficient (Wildman–Crippen LogP) is 3.86. The SMILES string of the molecule is [CH2]C(O)c1cccc2cc3ccccc3cc12. The molecule has 1 nitrogen and oxygen atoms in total. The van der Waals surface area contributed by atoms with Crippen LogP contribution in [0.5, 0.6) is 0 Å². The van der Waals surface area contributed by atoms with E-state index in [2.05, 4.69) is 37.3 Å². The quantitative estimate of drug-likeness (QED) is 0.619. The maximum Gasteiger partial charge on any atom is 0.0797 e. The third-order valence-corrected chi connectivity index (χ3v) is 3.14. The van der Waals surface area contributed by atoms with Gasteiger partial charge in [0.25, 0.3) is 0 Å². The first-order valence-corrected chi connectivity index (χ1v) is 5.68. The molecule has 0 aliphatic rings. The van der Waals surface area contributed by atoms with E-state index >= 15 is 0 Å². The van der Waals surface area contributed by atoms with Gasteiger partial charge in [0.15, 0.2) is 0 Å². The number of aliphatic hydroxyl groups is 1. The van der Waals surface area contributed by atoms with Crippen molar-refractivity contribution in [2.75, 3.05) is 0 Å². The van der Waals surface area contributed by atoms with Crippen molar-refractivity contribution in [1.29, 1.82) is 0 Å². The van der Waals surface area contributed by atoms with Crippen molar-refractivity contribution in [2.45, 2.75) is 6.10 Å². The molecule has 1 N–H and O–H groups in total. The highest BCUT2D eigenvalue weighted by atomic mass is 16.3. The Labute approximate surface area is 100 Å². The summed E-state index contributed by atoms with van der Waals surface area (Å²) < 4.78 is 0. The summed E-state index contributed by atoms with van der Waals surface area (Å²) in [5.41, 5.74) is 0.883. The van der Waals surface area contributed by atoms with Crippen molar-refractivity contribution in [3.63, 3.8) is 0 Å². The van der Waals surface area contributed by atoms with E-state index in [0.717, 1.165) is 16.3 Å². The van der Waals surface area contributed by atoms with Crippen LogP contribution in [0.1, 0.15) is 11.7 Å². The van der Waals surface area contributed by atoms with Gasteiger partial charge in [0.1, 0.15) is 0 Å². The molecule has 0 saturated heterocycles. The molecule has 1 heteroatoms. The number of rotatable bonds is 1. The van der Waals surface area contributed by atoms with Crippen LogP contribution in [0.2, 0.25) is 0 Å². The van der Waals surface area contributed by atoms with E-state index in [1.54, 1.807) is 0 Å². The van der Waals surface area contributed by atoms with Gasteiger partial charge in [-0.25, -0.2) is 0 Å². The van der Waals surface area contributed by atoms with E-state index in [1.165, 1.54) is 10.8 Å². The zero-order valence-electron chi connectivity index (χ0n) is 9.43. The molecule has 1 atom stereocenters. The van der Waals surface area contributed by atoms with E-state index in [1.807, 2.05) is 24.3 Å². The molecule has 0 fully saturated rings. The van der Waals surface area contributed by atoms with Gasteiger partial charge in [0, 0.05) is 0 Å². The third kappa shape index (κ3) is 1.69. The van der Waals surface area contributed by atoms with Gasteiger partial charge in [-0.2, -0.15) is 0 Å². The minimum Gasteiger partial charge on any atom is -0.388 e. The summed E-state index contributed by atoms with van der Waals surface area (Å²) >= 11 is 0. The molecular weight excluding hydrogens is 208 g/mol. The summed E-state index contributed by atoms with van der Waals surface area (Å²) in [6, 6.07) is 18.5. The van der Waals surface area contributed by atoms with Crippen LogP contribution in [0.25, 0.3) is 21.5 Å². The molecule has 3 rings (SSSR count). The number of benzene rings is 3. The molecule has 3 aromatic carbocycles. The van der Waals surface area contributed by atoms with Gasteiger partial charge in [0.05, 0.1) is 6.10 Å². The van der Waals surface area contributed by atoms with Crippen molar-refractivity contribution < 1.29 is 5.11 Å². The average molecular weight is 221 g/mol. The molecule has 3 aromatic rings. The third-order valence-electron chi connectivity index (χ3n) is 3.14. The van der Waals surface area contributed by atoms with E-state index in [4.69, 9.17) is 0 Å². The molecule has 17 heavy (non-hydrogen) atoms. The minimum atomic E-state index is -0.681.